The minimum absolute atomic E-state index is 0.111. The van der Waals surface area contributed by atoms with Gasteiger partial charge in [0.05, 0.1) is 12.0 Å². The highest BCUT2D eigenvalue weighted by atomic mass is 16.5. The summed E-state index contributed by atoms with van der Waals surface area (Å²) in [5.41, 5.74) is 7.11. The summed E-state index contributed by atoms with van der Waals surface area (Å²) in [4.78, 5) is 24.4. The van der Waals surface area contributed by atoms with Crippen molar-refractivity contribution in [2.75, 3.05) is 5.32 Å². The second-order valence-corrected chi connectivity index (χ2v) is 6.94. The highest BCUT2D eigenvalue weighted by Gasteiger charge is 2.32. The fraction of sp³-hybridized carbons (Fsp3) is 0.130. The van der Waals surface area contributed by atoms with E-state index in [0.717, 1.165) is 17.7 Å². The summed E-state index contributed by atoms with van der Waals surface area (Å²) in [6.45, 7) is 0. The van der Waals surface area contributed by atoms with Crippen LogP contribution in [-0.4, -0.2) is 11.9 Å². The average Bonchev–Trinajstić information content (AvgIpc) is 3.19. The minimum Gasteiger partial charge on any atom is -0.453 e. The van der Waals surface area contributed by atoms with Crippen molar-refractivity contribution in [3.63, 3.8) is 0 Å². The molecule has 0 unspecified atom stereocenters. The van der Waals surface area contributed by atoms with Crippen molar-refractivity contribution in [1.82, 2.24) is 0 Å². The largest absolute Gasteiger partial charge is 0.453 e. The number of ether oxygens (including phenoxy) is 1. The molecule has 2 aliphatic rings. The molecule has 1 atom stereocenters. The van der Waals surface area contributed by atoms with Crippen LogP contribution in [0.3, 0.4) is 0 Å². The SMILES string of the molecule is O=C(C[C@@H]1OC(=O)c2ccccc21)Nc1ccc2c(c1)Cc1ccccc1-2. The topological polar surface area (TPSA) is 55.4 Å². The molecule has 4 heteroatoms. The Labute approximate surface area is 156 Å². The lowest BCUT2D eigenvalue weighted by Gasteiger charge is -2.12. The maximum atomic E-state index is 12.5. The molecule has 1 amide bonds. The zero-order chi connectivity index (χ0) is 18.4. The number of carbonyl (C=O) groups excluding carboxylic acids is 2. The molecule has 3 aromatic carbocycles. The Kier molecular flexibility index (Phi) is 3.57. The summed E-state index contributed by atoms with van der Waals surface area (Å²) < 4.78 is 5.36. The summed E-state index contributed by atoms with van der Waals surface area (Å²) in [5, 5.41) is 2.94. The fourth-order valence-electron chi connectivity index (χ4n) is 3.97. The number of rotatable bonds is 3. The van der Waals surface area contributed by atoms with Crippen LogP contribution in [0, 0.1) is 0 Å². The number of benzene rings is 3. The Morgan fingerprint density at radius 1 is 0.926 bits per heavy atom. The zero-order valence-corrected chi connectivity index (χ0v) is 14.6. The zero-order valence-electron chi connectivity index (χ0n) is 14.6. The number of amides is 1. The predicted octanol–water partition coefficient (Wildman–Crippen LogP) is 4.50. The number of cyclic esters (lactones) is 1. The molecule has 1 heterocycles. The molecular weight excluding hydrogens is 338 g/mol. The molecule has 0 spiro atoms. The Morgan fingerprint density at radius 3 is 2.56 bits per heavy atom. The number of hydrogen-bond acceptors (Lipinski definition) is 3. The van der Waals surface area contributed by atoms with E-state index in [4.69, 9.17) is 4.74 Å². The molecule has 0 radical (unpaired) electrons. The van der Waals surface area contributed by atoms with Crippen LogP contribution in [0.25, 0.3) is 11.1 Å². The van der Waals surface area contributed by atoms with Gasteiger partial charge in [0.1, 0.15) is 6.10 Å². The van der Waals surface area contributed by atoms with Crippen LogP contribution >= 0.6 is 0 Å². The van der Waals surface area contributed by atoms with Gasteiger partial charge in [0.25, 0.3) is 0 Å². The molecule has 0 fully saturated rings. The van der Waals surface area contributed by atoms with Gasteiger partial charge in [0.15, 0.2) is 0 Å². The Bertz CT molecular complexity index is 1090. The van der Waals surface area contributed by atoms with E-state index in [1.54, 1.807) is 12.1 Å². The summed E-state index contributed by atoms with van der Waals surface area (Å²) in [7, 11) is 0. The fourth-order valence-corrected chi connectivity index (χ4v) is 3.97. The third-order valence-corrected chi connectivity index (χ3v) is 5.23. The van der Waals surface area contributed by atoms with Crippen molar-refractivity contribution in [3.8, 4) is 11.1 Å². The lowest BCUT2D eigenvalue weighted by Crippen LogP contribution is -2.15. The third-order valence-electron chi connectivity index (χ3n) is 5.23. The first-order chi connectivity index (χ1) is 13.2. The van der Waals surface area contributed by atoms with E-state index in [-0.39, 0.29) is 18.3 Å². The molecule has 0 saturated carbocycles. The van der Waals surface area contributed by atoms with Gasteiger partial charge in [0.2, 0.25) is 5.91 Å². The first-order valence-corrected chi connectivity index (χ1v) is 9.00. The molecule has 4 nitrogen and oxygen atoms in total. The van der Waals surface area contributed by atoms with Gasteiger partial charge >= 0.3 is 5.97 Å². The van der Waals surface area contributed by atoms with Crippen molar-refractivity contribution in [2.45, 2.75) is 18.9 Å². The average molecular weight is 355 g/mol. The van der Waals surface area contributed by atoms with Gasteiger partial charge in [-0.1, -0.05) is 48.5 Å². The first-order valence-electron chi connectivity index (χ1n) is 9.00. The van der Waals surface area contributed by atoms with Gasteiger partial charge < -0.3 is 10.1 Å². The van der Waals surface area contributed by atoms with Gasteiger partial charge in [-0.2, -0.15) is 0 Å². The number of fused-ring (bicyclic) bond motifs is 4. The van der Waals surface area contributed by atoms with E-state index in [2.05, 4.69) is 23.5 Å². The molecular formula is C23H17NO3. The highest BCUT2D eigenvalue weighted by Crippen LogP contribution is 2.38. The van der Waals surface area contributed by atoms with Crippen LogP contribution in [0.1, 0.15) is 39.6 Å². The van der Waals surface area contributed by atoms with E-state index in [9.17, 15) is 9.59 Å². The van der Waals surface area contributed by atoms with Gasteiger partial charge in [-0.25, -0.2) is 4.79 Å². The molecule has 132 valence electrons. The molecule has 0 bridgehead atoms. The monoisotopic (exact) mass is 355 g/mol. The summed E-state index contributed by atoms with van der Waals surface area (Å²) >= 11 is 0. The van der Waals surface area contributed by atoms with E-state index in [1.165, 1.54) is 22.3 Å². The molecule has 1 N–H and O–H groups in total. The predicted molar refractivity (Wildman–Crippen MR) is 103 cm³/mol. The summed E-state index contributed by atoms with van der Waals surface area (Å²) in [5.74, 6) is -0.529. The smallest absolute Gasteiger partial charge is 0.339 e. The maximum absolute atomic E-state index is 12.5. The molecule has 0 saturated heterocycles. The van der Waals surface area contributed by atoms with Gasteiger partial charge in [-0.05, 0) is 46.9 Å². The van der Waals surface area contributed by atoms with E-state index in [0.29, 0.717) is 5.56 Å². The van der Waals surface area contributed by atoms with Crippen molar-refractivity contribution >= 4 is 17.6 Å². The Balaban J connectivity index is 1.32. The lowest BCUT2D eigenvalue weighted by molar-refractivity contribution is -0.118. The lowest BCUT2D eigenvalue weighted by atomic mass is 10.0. The molecule has 1 aliphatic carbocycles. The standard InChI is InChI=1S/C23H17NO3/c25-22(13-21-19-7-3-4-8-20(19)23(26)27-21)24-16-9-10-18-15(12-16)11-14-5-1-2-6-17(14)18/h1-10,12,21H,11,13H2,(H,24,25)/t21-/m0/s1. The molecule has 1 aliphatic heterocycles. The maximum Gasteiger partial charge on any atom is 0.339 e. The third kappa shape index (κ3) is 2.70. The van der Waals surface area contributed by atoms with Crippen molar-refractivity contribution in [2.24, 2.45) is 0 Å². The minimum atomic E-state index is -0.521. The normalized spacial score (nSPS) is 16.3. The number of hydrogen-bond donors (Lipinski definition) is 1. The van der Waals surface area contributed by atoms with E-state index in [1.807, 2.05) is 36.4 Å². The van der Waals surface area contributed by atoms with Crippen LogP contribution < -0.4 is 5.32 Å². The molecule has 0 aromatic heterocycles. The second-order valence-electron chi connectivity index (χ2n) is 6.94. The van der Waals surface area contributed by atoms with Crippen LogP contribution in [0.2, 0.25) is 0 Å². The first kappa shape index (κ1) is 15.8. The summed E-state index contributed by atoms with van der Waals surface area (Å²) in [6, 6.07) is 21.6. The number of nitrogens with one attached hydrogen (secondary N) is 1. The van der Waals surface area contributed by atoms with Crippen LogP contribution in [0.5, 0.6) is 0 Å². The summed E-state index contributed by atoms with van der Waals surface area (Å²) in [6.07, 6.45) is 0.468. The van der Waals surface area contributed by atoms with E-state index >= 15 is 0 Å². The van der Waals surface area contributed by atoms with Crippen LogP contribution in [-0.2, 0) is 16.0 Å². The van der Waals surface area contributed by atoms with E-state index < -0.39 is 6.10 Å². The molecule has 5 rings (SSSR count). The van der Waals surface area contributed by atoms with Crippen LogP contribution in [0.15, 0.2) is 66.7 Å². The van der Waals surface area contributed by atoms with Gasteiger partial charge in [-0.3, -0.25) is 4.79 Å². The van der Waals surface area contributed by atoms with Crippen molar-refractivity contribution in [1.29, 1.82) is 0 Å². The Hall–Kier alpha value is -3.40. The Morgan fingerprint density at radius 2 is 1.67 bits per heavy atom. The number of carbonyl (C=O) groups is 2. The number of esters is 1. The van der Waals surface area contributed by atoms with Crippen molar-refractivity contribution in [3.05, 3.63) is 89.0 Å². The number of anilines is 1. The molecule has 27 heavy (non-hydrogen) atoms. The van der Waals surface area contributed by atoms with Crippen LogP contribution in [0.4, 0.5) is 5.69 Å². The quantitative estimate of drug-likeness (QED) is 0.551. The molecule has 3 aromatic rings. The van der Waals surface area contributed by atoms with Gasteiger partial charge in [-0.15, -0.1) is 0 Å². The second kappa shape index (κ2) is 6.09. The van der Waals surface area contributed by atoms with Gasteiger partial charge in [0, 0.05) is 11.3 Å². The van der Waals surface area contributed by atoms with Crippen molar-refractivity contribution < 1.29 is 14.3 Å². The highest BCUT2D eigenvalue weighted by molar-refractivity contribution is 5.96.